The van der Waals surface area contributed by atoms with Crippen LogP contribution < -0.4 is 0 Å². The fraction of sp³-hybridized carbons (Fsp3) is 0.818. The quantitative estimate of drug-likeness (QED) is 0.441. The Balaban J connectivity index is 2.45. The predicted molar refractivity (Wildman–Crippen MR) is 68.2 cm³/mol. The van der Waals surface area contributed by atoms with Crippen LogP contribution >= 0.6 is 0 Å². The van der Waals surface area contributed by atoms with E-state index in [2.05, 4.69) is 31.1 Å². The monoisotopic (exact) mass is 260 g/mol. The highest BCUT2D eigenvalue weighted by molar-refractivity contribution is 7.85. The molecule has 5 heteroatoms. The summed E-state index contributed by atoms with van der Waals surface area (Å²) in [6, 6.07) is 0. The van der Waals surface area contributed by atoms with Crippen LogP contribution in [0.2, 0.25) is 19.6 Å². The zero-order chi connectivity index (χ0) is 12.4. The van der Waals surface area contributed by atoms with Gasteiger partial charge in [-0.25, -0.2) is 0 Å². The van der Waals surface area contributed by atoms with E-state index in [9.17, 15) is 8.42 Å². The van der Waals surface area contributed by atoms with Gasteiger partial charge in [0, 0.05) is 11.8 Å². The molecule has 0 aliphatic heterocycles. The molecule has 0 amide bonds. The molecule has 0 spiro atoms. The predicted octanol–water partition coefficient (Wildman–Crippen LogP) is 2.01. The second-order valence-electron chi connectivity index (χ2n) is 5.69. The van der Waals surface area contributed by atoms with Crippen LogP contribution in [0.25, 0.3) is 0 Å². The highest BCUT2D eigenvalue weighted by Gasteiger charge is 2.43. The van der Waals surface area contributed by atoms with Crippen LogP contribution in [0.4, 0.5) is 0 Å². The van der Waals surface area contributed by atoms with Gasteiger partial charge in [-0.05, 0) is 12.8 Å². The second kappa shape index (κ2) is 4.51. The van der Waals surface area contributed by atoms with E-state index in [-0.39, 0.29) is 5.41 Å². The molecule has 1 rings (SSSR count). The third-order valence-corrected chi connectivity index (χ3v) is 3.94. The molecular formula is C11H20O3SSi. The Kier molecular flexibility index (Phi) is 3.88. The topological polar surface area (TPSA) is 43.4 Å². The van der Waals surface area contributed by atoms with Gasteiger partial charge < -0.3 is 0 Å². The van der Waals surface area contributed by atoms with Crippen LogP contribution in [0.15, 0.2) is 0 Å². The Bertz CT molecular complexity index is 405. The lowest BCUT2D eigenvalue weighted by atomic mass is 10.1. The first-order valence-corrected chi connectivity index (χ1v) is 10.8. The Hall–Kier alpha value is -0.313. The molecule has 3 nitrogen and oxygen atoms in total. The van der Waals surface area contributed by atoms with Gasteiger partial charge in [-0.15, -0.1) is 11.5 Å². The molecule has 1 aliphatic carbocycles. The van der Waals surface area contributed by atoms with Gasteiger partial charge in [-0.2, -0.15) is 8.42 Å². The van der Waals surface area contributed by atoms with E-state index in [1.165, 1.54) is 0 Å². The van der Waals surface area contributed by atoms with E-state index in [1.807, 2.05) is 0 Å². The van der Waals surface area contributed by atoms with E-state index >= 15 is 0 Å². The fourth-order valence-corrected chi connectivity index (χ4v) is 2.36. The molecule has 0 saturated heterocycles. The maximum atomic E-state index is 10.9. The third kappa shape index (κ3) is 5.68. The molecule has 0 N–H and O–H groups in total. The zero-order valence-corrected chi connectivity index (χ0v) is 12.3. The average molecular weight is 260 g/mol. The van der Waals surface area contributed by atoms with Gasteiger partial charge in [0.1, 0.15) is 8.07 Å². The van der Waals surface area contributed by atoms with Gasteiger partial charge >= 0.3 is 0 Å². The normalized spacial score (nSPS) is 18.8. The highest BCUT2D eigenvalue weighted by Crippen LogP contribution is 2.48. The lowest BCUT2D eigenvalue weighted by Crippen LogP contribution is -2.17. The minimum Gasteiger partial charge on any atom is -0.270 e. The molecule has 0 heterocycles. The minimum atomic E-state index is -3.31. The van der Waals surface area contributed by atoms with Gasteiger partial charge in [0.05, 0.1) is 12.9 Å². The smallest absolute Gasteiger partial charge is 0.264 e. The molecule has 0 aromatic heterocycles. The van der Waals surface area contributed by atoms with Crippen molar-refractivity contribution in [2.75, 3.05) is 12.9 Å². The van der Waals surface area contributed by atoms with Crippen molar-refractivity contribution in [1.82, 2.24) is 0 Å². The summed E-state index contributed by atoms with van der Waals surface area (Å²) in [7, 11) is -4.62. The molecule has 0 bridgehead atoms. The number of hydrogen-bond donors (Lipinski definition) is 0. The maximum Gasteiger partial charge on any atom is 0.264 e. The van der Waals surface area contributed by atoms with Crippen LogP contribution in [0.5, 0.6) is 0 Å². The summed E-state index contributed by atoms with van der Waals surface area (Å²) in [5.74, 6) is 3.20. The van der Waals surface area contributed by atoms with Crippen LogP contribution in [-0.4, -0.2) is 29.4 Å². The molecular weight excluding hydrogens is 240 g/mol. The molecule has 0 unspecified atom stereocenters. The van der Waals surface area contributed by atoms with Crippen molar-refractivity contribution in [3.8, 4) is 11.5 Å². The van der Waals surface area contributed by atoms with Crippen LogP contribution in [0.3, 0.4) is 0 Å². The SMILES string of the molecule is C[Si](C)(C)C#CCC1(COS(C)(=O)=O)CC1. The van der Waals surface area contributed by atoms with Crippen molar-refractivity contribution < 1.29 is 12.6 Å². The van der Waals surface area contributed by atoms with Crippen LogP contribution in [0.1, 0.15) is 19.3 Å². The zero-order valence-electron chi connectivity index (χ0n) is 10.5. The Labute approximate surface area is 99.7 Å². The van der Waals surface area contributed by atoms with Crippen molar-refractivity contribution in [1.29, 1.82) is 0 Å². The highest BCUT2D eigenvalue weighted by atomic mass is 32.2. The molecule has 1 fully saturated rings. The number of rotatable bonds is 4. The summed E-state index contributed by atoms with van der Waals surface area (Å²) in [4.78, 5) is 0. The van der Waals surface area contributed by atoms with E-state index < -0.39 is 18.2 Å². The first-order chi connectivity index (χ1) is 7.12. The van der Waals surface area contributed by atoms with E-state index in [1.54, 1.807) is 0 Å². The van der Waals surface area contributed by atoms with Crippen molar-refractivity contribution >= 4 is 18.2 Å². The van der Waals surface area contributed by atoms with Gasteiger partial charge in [0.2, 0.25) is 0 Å². The van der Waals surface area contributed by atoms with E-state index in [4.69, 9.17) is 4.18 Å². The summed E-state index contributed by atoms with van der Waals surface area (Å²) in [5.41, 5.74) is 3.32. The van der Waals surface area contributed by atoms with Gasteiger partial charge in [-0.3, -0.25) is 4.18 Å². The first kappa shape index (κ1) is 13.8. The van der Waals surface area contributed by atoms with Gasteiger partial charge in [0.15, 0.2) is 0 Å². The molecule has 0 radical (unpaired) electrons. The molecule has 16 heavy (non-hydrogen) atoms. The summed E-state index contributed by atoms with van der Waals surface area (Å²) >= 11 is 0. The lowest BCUT2D eigenvalue weighted by molar-refractivity contribution is 0.245. The lowest BCUT2D eigenvalue weighted by Gasteiger charge is -2.11. The summed E-state index contributed by atoms with van der Waals surface area (Å²) < 4.78 is 26.6. The van der Waals surface area contributed by atoms with Gasteiger partial charge in [-0.1, -0.05) is 19.6 Å². The van der Waals surface area contributed by atoms with Crippen molar-refractivity contribution in [2.24, 2.45) is 5.41 Å². The Morgan fingerprint density at radius 2 is 1.88 bits per heavy atom. The molecule has 0 aromatic rings. The van der Waals surface area contributed by atoms with E-state index in [0.717, 1.165) is 25.5 Å². The van der Waals surface area contributed by atoms with Crippen molar-refractivity contribution in [3.05, 3.63) is 0 Å². The molecule has 0 atom stereocenters. The largest absolute Gasteiger partial charge is 0.270 e. The van der Waals surface area contributed by atoms with E-state index in [0.29, 0.717) is 6.61 Å². The minimum absolute atomic E-state index is 0.0235. The molecule has 0 aromatic carbocycles. The maximum absolute atomic E-state index is 10.9. The molecule has 1 aliphatic rings. The number of hydrogen-bond acceptors (Lipinski definition) is 3. The third-order valence-electron chi connectivity index (χ3n) is 2.46. The van der Waals surface area contributed by atoms with Crippen LogP contribution in [0, 0.1) is 16.9 Å². The molecule has 1 saturated carbocycles. The Morgan fingerprint density at radius 3 is 2.25 bits per heavy atom. The van der Waals surface area contributed by atoms with Gasteiger partial charge in [0.25, 0.3) is 10.1 Å². The second-order valence-corrected chi connectivity index (χ2v) is 12.1. The average Bonchev–Trinajstić information content (AvgIpc) is 2.79. The summed E-state index contributed by atoms with van der Waals surface area (Å²) in [6.07, 6.45) is 3.93. The fourth-order valence-electron chi connectivity index (χ4n) is 1.28. The summed E-state index contributed by atoms with van der Waals surface area (Å²) in [5, 5.41) is 0. The molecule has 92 valence electrons. The first-order valence-electron chi connectivity index (χ1n) is 5.46. The van der Waals surface area contributed by atoms with Crippen molar-refractivity contribution in [3.63, 3.8) is 0 Å². The standard InChI is InChI=1S/C11H20O3SSi/c1-15(12,13)14-10-11(7-8-11)6-5-9-16(2,3)4/h6-8,10H2,1-4H3. The Morgan fingerprint density at radius 1 is 1.31 bits per heavy atom. The van der Waals surface area contributed by atoms with Crippen molar-refractivity contribution in [2.45, 2.75) is 38.9 Å². The van der Waals surface area contributed by atoms with Crippen LogP contribution in [-0.2, 0) is 14.3 Å². The summed E-state index contributed by atoms with van der Waals surface area (Å²) in [6.45, 7) is 6.90.